The van der Waals surface area contributed by atoms with Crippen LogP contribution in [0.4, 0.5) is 13.2 Å². The van der Waals surface area contributed by atoms with Gasteiger partial charge in [0.2, 0.25) is 0 Å². The number of likely N-dealkylation sites (N-methyl/N-ethyl adjacent to an activating group) is 1. The molecule has 0 spiro atoms. The molecule has 0 saturated carbocycles. The number of amides is 1. The molecule has 2 saturated heterocycles. The van der Waals surface area contributed by atoms with Crippen molar-refractivity contribution in [1.82, 2.24) is 19.6 Å². The highest BCUT2D eigenvalue weighted by atomic mass is 35.5. The molecule has 3 aliphatic rings. The zero-order valence-electron chi connectivity index (χ0n) is 19.9. The van der Waals surface area contributed by atoms with Gasteiger partial charge in [0.05, 0.1) is 28.7 Å². The van der Waals surface area contributed by atoms with E-state index in [2.05, 4.69) is 26.9 Å². The van der Waals surface area contributed by atoms with Crippen LogP contribution < -0.4 is 0 Å². The summed E-state index contributed by atoms with van der Waals surface area (Å²) in [5, 5.41) is 5.88. The van der Waals surface area contributed by atoms with Crippen LogP contribution in [0.1, 0.15) is 29.5 Å². The first-order valence-electron chi connectivity index (χ1n) is 12.0. The standard InChI is InChI=1S/C26H23ClF3N5OS/c1-33-19-5-6-20(33)14-34(13-19)25-32-24(36)23(37-25)9-15-2-7-22-17(8-15)11-31-35(22)12-16-3-4-18(27)10-21(16)26(28,29)30/h2-4,7-11,19-20H,5-6,12-14H2,1H3. The zero-order chi connectivity index (χ0) is 25.9. The van der Waals surface area contributed by atoms with Crippen molar-refractivity contribution in [2.24, 2.45) is 4.99 Å². The molecule has 3 aromatic rings. The van der Waals surface area contributed by atoms with E-state index in [1.54, 1.807) is 6.20 Å². The lowest BCUT2D eigenvalue weighted by Crippen LogP contribution is -2.52. The van der Waals surface area contributed by atoms with Gasteiger partial charge < -0.3 is 4.90 Å². The number of likely N-dealkylation sites (tertiary alicyclic amines) is 1. The van der Waals surface area contributed by atoms with Crippen molar-refractivity contribution < 1.29 is 18.0 Å². The largest absolute Gasteiger partial charge is 0.416 e. The minimum absolute atomic E-state index is 0.0329. The second kappa shape index (κ2) is 9.18. The Bertz CT molecular complexity index is 1450. The number of carbonyl (C=O) groups excluding carboxylic acids is 1. The highest BCUT2D eigenvalue weighted by Gasteiger charge is 2.40. The lowest BCUT2D eigenvalue weighted by atomic mass is 10.1. The van der Waals surface area contributed by atoms with E-state index in [1.165, 1.54) is 41.4 Å². The Labute approximate surface area is 220 Å². The second-order valence-corrected chi connectivity index (χ2v) is 11.1. The molecule has 3 aliphatic heterocycles. The van der Waals surface area contributed by atoms with Crippen LogP contribution in [-0.2, 0) is 17.5 Å². The Morgan fingerprint density at radius 1 is 1.14 bits per heavy atom. The number of aliphatic imine (C=N–C) groups is 1. The molecule has 37 heavy (non-hydrogen) atoms. The summed E-state index contributed by atoms with van der Waals surface area (Å²) in [4.78, 5) is 22.2. The van der Waals surface area contributed by atoms with E-state index in [4.69, 9.17) is 11.6 Å². The summed E-state index contributed by atoms with van der Waals surface area (Å²) in [5.41, 5.74) is 0.815. The van der Waals surface area contributed by atoms with Crippen molar-refractivity contribution in [1.29, 1.82) is 0 Å². The van der Waals surface area contributed by atoms with Gasteiger partial charge in [-0.3, -0.25) is 14.4 Å². The van der Waals surface area contributed by atoms with Gasteiger partial charge in [-0.25, -0.2) is 0 Å². The molecule has 6 nitrogen and oxygen atoms in total. The van der Waals surface area contributed by atoms with Crippen LogP contribution in [0.5, 0.6) is 0 Å². The van der Waals surface area contributed by atoms with Gasteiger partial charge in [0.1, 0.15) is 0 Å². The Kier molecular flexibility index (Phi) is 6.08. The fourth-order valence-corrected chi connectivity index (χ4v) is 6.49. The maximum Gasteiger partial charge on any atom is 0.416 e. The monoisotopic (exact) mass is 545 g/mol. The molecule has 2 atom stereocenters. The number of rotatable bonds is 3. The molecular formula is C26H23ClF3N5OS. The lowest BCUT2D eigenvalue weighted by Gasteiger charge is -2.39. The van der Waals surface area contributed by atoms with Crippen LogP contribution in [0.15, 0.2) is 52.5 Å². The van der Waals surface area contributed by atoms with Crippen molar-refractivity contribution in [3.8, 4) is 0 Å². The summed E-state index contributed by atoms with van der Waals surface area (Å²) >= 11 is 7.21. The number of piperazine rings is 1. The molecule has 0 aliphatic carbocycles. The molecule has 2 aromatic carbocycles. The van der Waals surface area contributed by atoms with Crippen molar-refractivity contribution in [3.63, 3.8) is 0 Å². The van der Waals surface area contributed by atoms with Crippen LogP contribution in [0.3, 0.4) is 0 Å². The van der Waals surface area contributed by atoms with Gasteiger partial charge in [0, 0.05) is 35.6 Å². The first kappa shape index (κ1) is 24.5. The molecule has 4 heterocycles. The molecular weight excluding hydrogens is 523 g/mol. The number of alkyl halides is 3. The molecule has 2 fully saturated rings. The third-order valence-corrected chi connectivity index (χ3v) is 8.67. The summed E-state index contributed by atoms with van der Waals surface area (Å²) in [6.45, 7) is 1.72. The minimum atomic E-state index is -4.52. The van der Waals surface area contributed by atoms with E-state index < -0.39 is 11.7 Å². The summed E-state index contributed by atoms with van der Waals surface area (Å²) in [5.74, 6) is -0.246. The molecule has 2 unspecified atom stereocenters. The summed E-state index contributed by atoms with van der Waals surface area (Å²) in [6, 6.07) is 10.3. The molecule has 0 radical (unpaired) electrons. The topological polar surface area (TPSA) is 53.7 Å². The van der Waals surface area contributed by atoms with E-state index in [-0.39, 0.29) is 23.0 Å². The quantitative estimate of drug-likeness (QED) is 0.407. The third kappa shape index (κ3) is 4.66. The molecule has 6 rings (SSSR count). The van der Waals surface area contributed by atoms with Gasteiger partial charge in [0.15, 0.2) is 5.17 Å². The molecule has 2 bridgehead atoms. The van der Waals surface area contributed by atoms with Crippen LogP contribution in [-0.4, -0.2) is 62.9 Å². The Morgan fingerprint density at radius 3 is 2.62 bits per heavy atom. The summed E-state index contributed by atoms with van der Waals surface area (Å²) in [6.07, 6.45) is 1.27. The fourth-order valence-electron chi connectivity index (χ4n) is 5.39. The van der Waals surface area contributed by atoms with Gasteiger partial charge in [-0.2, -0.15) is 23.3 Å². The first-order chi connectivity index (χ1) is 17.7. The van der Waals surface area contributed by atoms with Crippen LogP contribution in [0.25, 0.3) is 17.0 Å². The number of fused-ring (bicyclic) bond motifs is 3. The molecule has 1 amide bonds. The van der Waals surface area contributed by atoms with E-state index in [1.807, 2.05) is 24.3 Å². The van der Waals surface area contributed by atoms with Gasteiger partial charge in [-0.15, -0.1) is 0 Å². The zero-order valence-corrected chi connectivity index (χ0v) is 21.4. The van der Waals surface area contributed by atoms with Gasteiger partial charge in [0.25, 0.3) is 5.91 Å². The maximum absolute atomic E-state index is 13.5. The van der Waals surface area contributed by atoms with E-state index in [0.29, 0.717) is 22.5 Å². The van der Waals surface area contributed by atoms with E-state index in [0.717, 1.165) is 35.3 Å². The Morgan fingerprint density at radius 2 is 1.89 bits per heavy atom. The smallest absolute Gasteiger partial charge is 0.348 e. The number of aromatic nitrogens is 2. The number of halogens is 4. The van der Waals surface area contributed by atoms with Gasteiger partial charge in [-0.1, -0.05) is 23.7 Å². The van der Waals surface area contributed by atoms with Crippen molar-refractivity contribution in [2.75, 3.05) is 20.1 Å². The van der Waals surface area contributed by atoms with Gasteiger partial charge >= 0.3 is 6.18 Å². The maximum atomic E-state index is 13.5. The number of amidine groups is 1. The normalized spacial score (nSPS) is 23.5. The number of nitrogens with zero attached hydrogens (tertiary/aromatic N) is 5. The number of carbonyl (C=O) groups is 1. The number of hydrogen-bond acceptors (Lipinski definition) is 5. The molecule has 1 aromatic heterocycles. The van der Waals surface area contributed by atoms with Crippen molar-refractivity contribution in [2.45, 2.75) is 37.6 Å². The third-order valence-electron chi connectivity index (χ3n) is 7.39. The average molecular weight is 546 g/mol. The number of hydrogen-bond donors (Lipinski definition) is 0. The Hall–Kier alpha value is -2.82. The average Bonchev–Trinajstić information content (AvgIpc) is 3.46. The van der Waals surface area contributed by atoms with Crippen LogP contribution in [0, 0.1) is 0 Å². The predicted molar refractivity (Wildman–Crippen MR) is 139 cm³/mol. The van der Waals surface area contributed by atoms with E-state index in [9.17, 15) is 18.0 Å². The van der Waals surface area contributed by atoms with Crippen molar-refractivity contribution in [3.05, 3.63) is 69.2 Å². The fraction of sp³-hybridized carbons (Fsp3) is 0.346. The SMILES string of the molecule is CN1C2CCC1CN(C1=NC(=O)C(=Cc3ccc4c(cnn4Cc4ccc(Cl)cc4C(F)(F)F)c3)S1)C2. The van der Waals surface area contributed by atoms with Crippen LogP contribution >= 0.6 is 23.4 Å². The number of benzene rings is 2. The van der Waals surface area contributed by atoms with Gasteiger partial charge in [-0.05, 0) is 73.1 Å². The van der Waals surface area contributed by atoms with E-state index >= 15 is 0 Å². The van der Waals surface area contributed by atoms with Crippen LogP contribution in [0.2, 0.25) is 5.02 Å². The first-order valence-corrected chi connectivity index (χ1v) is 13.2. The predicted octanol–water partition coefficient (Wildman–Crippen LogP) is 5.51. The summed E-state index contributed by atoms with van der Waals surface area (Å²) < 4.78 is 42.1. The second-order valence-electron chi connectivity index (χ2n) is 9.69. The highest BCUT2D eigenvalue weighted by molar-refractivity contribution is 8.18. The summed E-state index contributed by atoms with van der Waals surface area (Å²) in [7, 11) is 2.17. The molecule has 192 valence electrons. The highest BCUT2D eigenvalue weighted by Crippen LogP contribution is 2.36. The molecule has 0 N–H and O–H groups in total. The lowest BCUT2D eigenvalue weighted by molar-refractivity contribution is -0.138. The number of thioether (sulfide) groups is 1. The minimum Gasteiger partial charge on any atom is -0.348 e. The Balaban J connectivity index is 1.21. The van der Waals surface area contributed by atoms with Crippen molar-refractivity contribution >= 4 is 51.4 Å². The molecule has 11 heteroatoms.